The molecule has 0 unspecified atom stereocenters. The molecule has 112 valence electrons. The number of nitriles is 1. The van der Waals surface area contributed by atoms with Gasteiger partial charge in [0.15, 0.2) is 0 Å². The van der Waals surface area contributed by atoms with Crippen molar-refractivity contribution in [1.82, 2.24) is 9.55 Å². The smallest absolute Gasteiger partial charge is 0.330 e. The largest absolute Gasteiger partial charge is 0.466 e. The van der Waals surface area contributed by atoms with Crippen LogP contribution >= 0.6 is 0 Å². The van der Waals surface area contributed by atoms with Crippen LogP contribution in [0.4, 0.5) is 0 Å². The van der Waals surface area contributed by atoms with Crippen molar-refractivity contribution in [2.24, 2.45) is 0 Å². The maximum atomic E-state index is 11.4. The lowest BCUT2D eigenvalue weighted by atomic mass is 10.1. The number of methoxy groups -OCH3 is 1. The van der Waals surface area contributed by atoms with E-state index in [0.29, 0.717) is 11.1 Å². The Bertz CT molecular complexity index is 934. The predicted octanol–water partition coefficient (Wildman–Crippen LogP) is 3.08. The number of para-hydroxylation sites is 1. The zero-order chi connectivity index (χ0) is 16.2. The minimum Gasteiger partial charge on any atom is -0.466 e. The minimum atomic E-state index is -0.453. The van der Waals surface area contributed by atoms with Gasteiger partial charge in [0.25, 0.3) is 0 Å². The van der Waals surface area contributed by atoms with Crippen LogP contribution in [0.1, 0.15) is 11.1 Å². The van der Waals surface area contributed by atoms with E-state index in [4.69, 9.17) is 5.26 Å². The van der Waals surface area contributed by atoms with Crippen molar-refractivity contribution in [3.8, 4) is 11.8 Å². The highest BCUT2D eigenvalue weighted by molar-refractivity contribution is 5.93. The van der Waals surface area contributed by atoms with E-state index in [9.17, 15) is 4.79 Å². The molecule has 2 aromatic carbocycles. The van der Waals surface area contributed by atoms with Crippen molar-refractivity contribution in [3.63, 3.8) is 0 Å². The van der Waals surface area contributed by atoms with Crippen LogP contribution in [0.15, 0.2) is 54.9 Å². The van der Waals surface area contributed by atoms with Crippen LogP contribution in [0, 0.1) is 11.3 Å². The molecule has 23 heavy (non-hydrogen) atoms. The number of nitrogens with zero attached hydrogens (tertiary/aromatic N) is 3. The molecule has 3 rings (SSSR count). The Morgan fingerprint density at radius 1 is 1.30 bits per heavy atom. The third-order valence-electron chi connectivity index (χ3n) is 3.44. The summed E-state index contributed by atoms with van der Waals surface area (Å²) in [6.07, 6.45) is 4.67. The molecule has 0 aliphatic heterocycles. The van der Waals surface area contributed by atoms with Gasteiger partial charge in [-0.3, -0.25) is 4.57 Å². The number of carbonyl (C=O) groups is 1. The molecule has 0 N–H and O–H groups in total. The second-order valence-corrected chi connectivity index (χ2v) is 4.85. The highest BCUT2D eigenvalue weighted by Crippen LogP contribution is 2.24. The summed E-state index contributed by atoms with van der Waals surface area (Å²) in [6, 6.07) is 15.3. The average molecular weight is 303 g/mol. The first-order valence-electron chi connectivity index (χ1n) is 6.95. The molecule has 1 aromatic heterocycles. The van der Waals surface area contributed by atoms with Crippen LogP contribution in [-0.2, 0) is 9.53 Å². The fourth-order valence-corrected chi connectivity index (χ4v) is 2.38. The van der Waals surface area contributed by atoms with Crippen LogP contribution in [0.3, 0.4) is 0 Å². The zero-order valence-corrected chi connectivity index (χ0v) is 12.4. The first kappa shape index (κ1) is 14.5. The number of aromatic nitrogens is 2. The molecule has 3 aromatic rings. The van der Waals surface area contributed by atoms with Gasteiger partial charge in [0, 0.05) is 17.3 Å². The van der Waals surface area contributed by atoms with Crippen LogP contribution < -0.4 is 0 Å². The molecule has 1 heterocycles. The Morgan fingerprint density at radius 2 is 2.09 bits per heavy atom. The maximum absolute atomic E-state index is 11.4. The Kier molecular flexibility index (Phi) is 3.89. The Hall–Kier alpha value is -3.39. The van der Waals surface area contributed by atoms with Gasteiger partial charge < -0.3 is 4.74 Å². The fourth-order valence-electron chi connectivity index (χ4n) is 2.38. The molecule has 5 heteroatoms. The lowest BCUT2D eigenvalue weighted by molar-refractivity contribution is -0.134. The molecule has 0 atom stereocenters. The molecule has 0 aliphatic carbocycles. The molecule has 0 aliphatic rings. The van der Waals surface area contributed by atoms with E-state index in [2.05, 4.69) is 15.8 Å². The van der Waals surface area contributed by atoms with E-state index < -0.39 is 5.97 Å². The van der Waals surface area contributed by atoms with E-state index in [1.165, 1.54) is 13.2 Å². The third-order valence-corrected chi connectivity index (χ3v) is 3.44. The number of rotatable bonds is 3. The van der Waals surface area contributed by atoms with Gasteiger partial charge >= 0.3 is 5.97 Å². The summed E-state index contributed by atoms with van der Waals surface area (Å²) in [6.45, 7) is 0. The van der Waals surface area contributed by atoms with Crippen molar-refractivity contribution in [1.29, 1.82) is 5.26 Å². The lowest BCUT2D eigenvalue weighted by Crippen LogP contribution is -1.96. The maximum Gasteiger partial charge on any atom is 0.330 e. The second kappa shape index (κ2) is 6.16. The highest BCUT2D eigenvalue weighted by atomic mass is 16.5. The Morgan fingerprint density at radius 3 is 2.78 bits per heavy atom. The van der Waals surface area contributed by atoms with Crippen molar-refractivity contribution >= 4 is 23.1 Å². The van der Waals surface area contributed by atoms with Gasteiger partial charge in [-0.15, -0.1) is 0 Å². The van der Waals surface area contributed by atoms with Gasteiger partial charge in [-0.2, -0.15) is 5.26 Å². The standard InChI is InChI=1S/C18H13N3O2/c1-23-17(22)8-7-14-9-13(11-19)10-16-18(14)21(12-20-16)15-5-3-2-4-6-15/h2-10,12H,1H3. The SMILES string of the molecule is COC(=O)C=Cc1cc(C#N)cc2ncn(-c3ccccc3)c12. The van der Waals surface area contributed by atoms with E-state index in [1.807, 2.05) is 34.9 Å². The van der Waals surface area contributed by atoms with E-state index in [-0.39, 0.29) is 0 Å². The summed E-state index contributed by atoms with van der Waals surface area (Å²) in [5, 5.41) is 9.17. The van der Waals surface area contributed by atoms with E-state index in [1.54, 1.807) is 24.5 Å². The summed E-state index contributed by atoms with van der Waals surface area (Å²) < 4.78 is 6.55. The van der Waals surface area contributed by atoms with Crippen molar-refractivity contribution in [2.45, 2.75) is 0 Å². The monoisotopic (exact) mass is 303 g/mol. The molecule has 0 radical (unpaired) electrons. The van der Waals surface area contributed by atoms with Gasteiger partial charge in [0.2, 0.25) is 0 Å². The molecule has 0 spiro atoms. The highest BCUT2D eigenvalue weighted by Gasteiger charge is 2.10. The lowest BCUT2D eigenvalue weighted by Gasteiger charge is -2.07. The number of carbonyl (C=O) groups excluding carboxylic acids is 1. The zero-order valence-electron chi connectivity index (χ0n) is 12.4. The van der Waals surface area contributed by atoms with Crippen molar-refractivity contribution in [3.05, 3.63) is 66.0 Å². The Labute approximate surface area is 133 Å². The van der Waals surface area contributed by atoms with Crippen molar-refractivity contribution < 1.29 is 9.53 Å². The van der Waals surface area contributed by atoms with Gasteiger partial charge in [0.05, 0.1) is 29.8 Å². The van der Waals surface area contributed by atoms with Crippen LogP contribution in [-0.4, -0.2) is 22.6 Å². The van der Waals surface area contributed by atoms with Crippen LogP contribution in [0.2, 0.25) is 0 Å². The first-order valence-corrected chi connectivity index (χ1v) is 6.95. The second-order valence-electron chi connectivity index (χ2n) is 4.85. The molecular weight excluding hydrogens is 290 g/mol. The normalized spacial score (nSPS) is 10.8. The minimum absolute atomic E-state index is 0.453. The first-order chi connectivity index (χ1) is 11.2. The number of fused-ring (bicyclic) bond motifs is 1. The number of benzene rings is 2. The number of ether oxygens (including phenoxy) is 1. The molecular formula is C18H13N3O2. The molecule has 0 amide bonds. The van der Waals surface area contributed by atoms with E-state index >= 15 is 0 Å². The topological polar surface area (TPSA) is 67.9 Å². The van der Waals surface area contributed by atoms with Crippen molar-refractivity contribution in [2.75, 3.05) is 7.11 Å². The quantitative estimate of drug-likeness (QED) is 0.551. The molecule has 0 saturated carbocycles. The fraction of sp³-hybridized carbons (Fsp3) is 0.0556. The summed E-state index contributed by atoms with van der Waals surface area (Å²) in [7, 11) is 1.32. The number of esters is 1. The molecule has 0 fully saturated rings. The summed E-state index contributed by atoms with van der Waals surface area (Å²) in [4.78, 5) is 15.7. The molecule has 0 saturated heterocycles. The summed E-state index contributed by atoms with van der Waals surface area (Å²) >= 11 is 0. The van der Waals surface area contributed by atoms with Crippen LogP contribution in [0.25, 0.3) is 22.8 Å². The summed E-state index contributed by atoms with van der Waals surface area (Å²) in [5.74, 6) is -0.453. The number of imidazole rings is 1. The molecule has 5 nitrogen and oxygen atoms in total. The van der Waals surface area contributed by atoms with E-state index in [0.717, 1.165) is 16.8 Å². The summed E-state index contributed by atoms with van der Waals surface area (Å²) in [5.41, 5.74) is 3.69. The average Bonchev–Trinajstić information content (AvgIpc) is 3.04. The Balaban J connectivity index is 2.23. The third kappa shape index (κ3) is 2.83. The number of hydrogen-bond acceptors (Lipinski definition) is 4. The van der Waals surface area contributed by atoms with Crippen LogP contribution in [0.5, 0.6) is 0 Å². The van der Waals surface area contributed by atoms with Gasteiger partial charge in [-0.1, -0.05) is 18.2 Å². The number of hydrogen-bond donors (Lipinski definition) is 0. The van der Waals surface area contributed by atoms with Gasteiger partial charge in [-0.25, -0.2) is 9.78 Å². The predicted molar refractivity (Wildman–Crippen MR) is 86.8 cm³/mol. The van der Waals surface area contributed by atoms with Gasteiger partial charge in [-0.05, 0) is 30.3 Å². The van der Waals surface area contributed by atoms with Gasteiger partial charge in [0.1, 0.15) is 6.33 Å². The molecule has 0 bridgehead atoms.